The Kier molecular flexibility index (Phi) is 4.56. The molecule has 0 aliphatic heterocycles. The van der Waals surface area contributed by atoms with Crippen molar-refractivity contribution in [2.75, 3.05) is 12.0 Å². The Labute approximate surface area is 123 Å². The van der Waals surface area contributed by atoms with Crippen molar-refractivity contribution >= 4 is 50.3 Å². The van der Waals surface area contributed by atoms with Gasteiger partial charge in [-0.25, -0.2) is 9.37 Å². The average Bonchev–Trinajstić information content (AvgIpc) is 2.68. The largest absolute Gasteiger partial charge is 0.323 e. The van der Waals surface area contributed by atoms with E-state index in [9.17, 15) is 4.39 Å². The summed E-state index contributed by atoms with van der Waals surface area (Å²) in [6, 6.07) is 3.48. The van der Waals surface area contributed by atoms with Crippen molar-refractivity contribution in [2.45, 2.75) is 18.8 Å². The third-order valence-electron chi connectivity index (χ3n) is 2.77. The maximum absolute atomic E-state index is 13.5. The van der Waals surface area contributed by atoms with E-state index in [2.05, 4.69) is 38.7 Å². The van der Waals surface area contributed by atoms with E-state index in [1.807, 2.05) is 0 Å². The highest BCUT2D eigenvalue weighted by Gasteiger charge is 2.16. The van der Waals surface area contributed by atoms with E-state index in [1.165, 1.54) is 6.07 Å². The van der Waals surface area contributed by atoms with E-state index in [1.54, 1.807) is 17.8 Å². The summed E-state index contributed by atoms with van der Waals surface area (Å²) >= 11 is 10.9. The highest BCUT2D eigenvalue weighted by atomic mass is 79.9. The maximum Gasteiger partial charge on any atom is 0.139 e. The first kappa shape index (κ1) is 14.2. The van der Waals surface area contributed by atoms with Crippen LogP contribution >= 0.6 is 39.3 Å². The molecule has 0 bridgehead atoms. The highest BCUT2D eigenvalue weighted by molar-refractivity contribution is 9.10. The Morgan fingerprint density at radius 3 is 2.89 bits per heavy atom. The van der Waals surface area contributed by atoms with Crippen molar-refractivity contribution < 1.29 is 4.39 Å². The summed E-state index contributed by atoms with van der Waals surface area (Å²) in [6.45, 7) is 2.12. The number of imidazole rings is 1. The van der Waals surface area contributed by atoms with Gasteiger partial charge in [0, 0.05) is 17.9 Å². The number of fused-ring (bicyclic) bond motifs is 1. The summed E-state index contributed by atoms with van der Waals surface area (Å²) < 4.78 is 16.0. The van der Waals surface area contributed by atoms with Crippen molar-refractivity contribution in [1.82, 2.24) is 9.55 Å². The molecule has 1 aromatic heterocycles. The fraction of sp³-hybridized carbons (Fsp3) is 0.417. The number of halogens is 3. The average molecular weight is 352 g/mol. The molecular weight excluding hydrogens is 339 g/mol. The van der Waals surface area contributed by atoms with Gasteiger partial charge < -0.3 is 4.57 Å². The molecule has 18 heavy (non-hydrogen) atoms. The molecule has 1 aromatic carbocycles. The molecule has 0 saturated carbocycles. The fourth-order valence-corrected chi connectivity index (χ4v) is 3.19. The van der Waals surface area contributed by atoms with Crippen LogP contribution < -0.4 is 0 Å². The smallest absolute Gasteiger partial charge is 0.139 e. The Morgan fingerprint density at radius 1 is 1.56 bits per heavy atom. The molecular formula is C12H13BrClFN2S. The second-order valence-corrected chi connectivity index (χ2v) is 6.12. The van der Waals surface area contributed by atoms with Crippen molar-refractivity contribution in [3.8, 4) is 0 Å². The number of thioether (sulfide) groups is 1. The van der Waals surface area contributed by atoms with Crippen LogP contribution in [0.15, 0.2) is 16.6 Å². The zero-order valence-corrected chi connectivity index (χ0v) is 13.2. The number of alkyl halides is 1. The van der Waals surface area contributed by atoms with E-state index < -0.39 is 0 Å². The topological polar surface area (TPSA) is 17.8 Å². The molecule has 0 spiro atoms. The molecule has 1 atom stereocenters. The Bertz CT molecular complexity index is 573. The number of aromatic nitrogens is 2. The SMILES string of the molecule is CSCC(C)n1c(CCl)nc2cc(F)c(Br)cc21. The molecule has 1 heterocycles. The second kappa shape index (κ2) is 5.80. The van der Waals surface area contributed by atoms with Gasteiger partial charge in [-0.3, -0.25) is 0 Å². The van der Waals surface area contributed by atoms with E-state index in [4.69, 9.17) is 11.6 Å². The van der Waals surface area contributed by atoms with Crippen molar-refractivity contribution in [3.63, 3.8) is 0 Å². The zero-order chi connectivity index (χ0) is 13.3. The molecule has 2 rings (SSSR count). The van der Waals surface area contributed by atoms with E-state index >= 15 is 0 Å². The Balaban J connectivity index is 2.64. The second-order valence-electron chi connectivity index (χ2n) is 4.09. The predicted molar refractivity (Wildman–Crippen MR) is 80.0 cm³/mol. The minimum absolute atomic E-state index is 0.274. The van der Waals surface area contributed by atoms with Crippen LogP contribution in [0.5, 0.6) is 0 Å². The molecule has 0 N–H and O–H groups in total. The van der Waals surface area contributed by atoms with Crippen LogP contribution in [0.2, 0.25) is 0 Å². The quantitative estimate of drug-likeness (QED) is 0.749. The number of benzene rings is 1. The van der Waals surface area contributed by atoms with Crippen LogP contribution in [0.4, 0.5) is 4.39 Å². The first-order valence-corrected chi connectivity index (χ1v) is 8.21. The van der Waals surface area contributed by atoms with Gasteiger partial charge in [-0.05, 0) is 35.2 Å². The molecule has 0 aliphatic rings. The van der Waals surface area contributed by atoms with Gasteiger partial charge in [0.2, 0.25) is 0 Å². The summed E-state index contributed by atoms with van der Waals surface area (Å²) in [5.41, 5.74) is 1.57. The standard InChI is InChI=1S/C12H13BrClFN2S/c1-7(6-18-2)17-11-3-8(13)9(15)4-10(11)16-12(17)5-14/h3-4,7H,5-6H2,1-2H3. The van der Waals surface area contributed by atoms with Gasteiger partial charge in [0.25, 0.3) is 0 Å². The zero-order valence-electron chi connectivity index (χ0n) is 10.1. The molecule has 6 heteroatoms. The van der Waals surface area contributed by atoms with Crippen LogP contribution in [0.1, 0.15) is 18.8 Å². The molecule has 0 aliphatic carbocycles. The molecule has 1 unspecified atom stereocenters. The van der Waals surface area contributed by atoms with Gasteiger partial charge in [-0.2, -0.15) is 11.8 Å². The number of hydrogen-bond donors (Lipinski definition) is 0. The Hall–Kier alpha value is -0.260. The molecule has 0 radical (unpaired) electrons. The summed E-state index contributed by atoms with van der Waals surface area (Å²) in [5.74, 6) is 1.77. The van der Waals surface area contributed by atoms with Crippen LogP contribution in [-0.4, -0.2) is 21.6 Å². The maximum atomic E-state index is 13.5. The van der Waals surface area contributed by atoms with Gasteiger partial charge in [0.1, 0.15) is 11.6 Å². The molecule has 2 aromatic rings. The van der Waals surface area contributed by atoms with Crippen LogP contribution in [-0.2, 0) is 5.88 Å². The monoisotopic (exact) mass is 350 g/mol. The summed E-state index contributed by atoms with van der Waals surface area (Å²) in [6.07, 6.45) is 2.06. The minimum Gasteiger partial charge on any atom is -0.323 e. The predicted octanol–water partition coefficient (Wildman–Crippen LogP) is 4.60. The van der Waals surface area contributed by atoms with Crippen molar-refractivity contribution in [2.24, 2.45) is 0 Å². The highest BCUT2D eigenvalue weighted by Crippen LogP contribution is 2.28. The fourth-order valence-electron chi connectivity index (χ4n) is 2.04. The summed E-state index contributed by atoms with van der Waals surface area (Å²) in [7, 11) is 0. The lowest BCUT2D eigenvalue weighted by Gasteiger charge is -2.15. The van der Waals surface area contributed by atoms with Crippen LogP contribution in [0, 0.1) is 5.82 Å². The van der Waals surface area contributed by atoms with E-state index in [-0.39, 0.29) is 11.9 Å². The lowest BCUT2D eigenvalue weighted by atomic mass is 10.3. The third-order valence-corrected chi connectivity index (χ3v) is 4.44. The summed E-state index contributed by atoms with van der Waals surface area (Å²) in [4.78, 5) is 4.40. The molecule has 2 nitrogen and oxygen atoms in total. The Morgan fingerprint density at radius 2 is 2.28 bits per heavy atom. The lowest BCUT2D eigenvalue weighted by Crippen LogP contribution is -2.10. The van der Waals surface area contributed by atoms with Crippen molar-refractivity contribution in [1.29, 1.82) is 0 Å². The van der Waals surface area contributed by atoms with Crippen molar-refractivity contribution in [3.05, 3.63) is 28.2 Å². The molecule has 0 fully saturated rings. The first-order valence-electron chi connectivity index (χ1n) is 5.49. The first-order chi connectivity index (χ1) is 8.58. The van der Waals surface area contributed by atoms with Gasteiger partial charge in [-0.15, -0.1) is 11.6 Å². The van der Waals surface area contributed by atoms with Gasteiger partial charge in [0.05, 0.1) is 21.4 Å². The number of hydrogen-bond acceptors (Lipinski definition) is 2. The number of nitrogens with zero attached hydrogens (tertiary/aromatic N) is 2. The van der Waals surface area contributed by atoms with Gasteiger partial charge in [-0.1, -0.05) is 0 Å². The van der Waals surface area contributed by atoms with E-state index in [0.717, 1.165) is 17.1 Å². The van der Waals surface area contributed by atoms with Gasteiger partial charge >= 0.3 is 0 Å². The minimum atomic E-state index is -0.300. The normalized spacial score (nSPS) is 13.2. The third kappa shape index (κ3) is 2.53. The van der Waals surface area contributed by atoms with Crippen LogP contribution in [0.3, 0.4) is 0 Å². The van der Waals surface area contributed by atoms with Crippen LogP contribution in [0.25, 0.3) is 11.0 Å². The molecule has 0 saturated heterocycles. The number of rotatable bonds is 4. The lowest BCUT2D eigenvalue weighted by molar-refractivity contribution is 0.604. The molecule has 98 valence electrons. The van der Waals surface area contributed by atoms with Gasteiger partial charge in [0.15, 0.2) is 0 Å². The van der Waals surface area contributed by atoms with E-state index in [0.29, 0.717) is 15.9 Å². The summed E-state index contributed by atoms with van der Waals surface area (Å²) in [5, 5.41) is 0. The molecule has 0 amide bonds.